The van der Waals surface area contributed by atoms with Crippen molar-refractivity contribution in [3.05, 3.63) is 30.0 Å². The minimum Gasteiger partial charge on any atom is -0.496 e. The molecule has 2 rings (SSSR count). The summed E-state index contributed by atoms with van der Waals surface area (Å²) in [5.41, 5.74) is 7.83. The van der Waals surface area contributed by atoms with Crippen LogP contribution < -0.4 is 10.5 Å². The number of nitrogens with one attached hydrogen (secondary N) is 1. The molecule has 2 aromatic rings. The Bertz CT molecular complexity index is 434. The highest BCUT2D eigenvalue weighted by Gasteiger charge is 2.04. The van der Waals surface area contributed by atoms with Gasteiger partial charge in [-0.05, 0) is 36.7 Å². The first-order chi connectivity index (χ1) is 6.85. The van der Waals surface area contributed by atoms with Crippen LogP contribution >= 0.6 is 0 Å². The zero-order valence-corrected chi connectivity index (χ0v) is 8.21. The van der Waals surface area contributed by atoms with E-state index in [0.29, 0.717) is 6.54 Å². The molecule has 14 heavy (non-hydrogen) atoms. The van der Waals surface area contributed by atoms with E-state index in [4.69, 9.17) is 10.5 Å². The molecule has 0 aliphatic carbocycles. The minimum atomic E-state index is 0.662. The standard InChI is InChI=1S/C11H14N2O/c1-14-11-7-8(2-4-12)6-10-9(11)3-5-13-10/h3,5-7,13H,2,4,12H2,1H3. The lowest BCUT2D eigenvalue weighted by Crippen LogP contribution is -2.02. The number of aromatic amines is 1. The molecule has 0 amide bonds. The third-order valence-corrected chi connectivity index (χ3v) is 2.34. The molecule has 0 aliphatic heterocycles. The van der Waals surface area contributed by atoms with Crippen LogP contribution in [-0.2, 0) is 6.42 Å². The van der Waals surface area contributed by atoms with Crippen LogP contribution in [-0.4, -0.2) is 18.6 Å². The highest BCUT2D eigenvalue weighted by molar-refractivity contribution is 5.86. The molecule has 0 atom stereocenters. The third-order valence-electron chi connectivity index (χ3n) is 2.34. The Morgan fingerprint density at radius 3 is 3.00 bits per heavy atom. The number of aromatic nitrogens is 1. The van der Waals surface area contributed by atoms with Gasteiger partial charge in [-0.3, -0.25) is 0 Å². The molecule has 0 unspecified atom stereocenters. The number of ether oxygens (including phenoxy) is 1. The van der Waals surface area contributed by atoms with Crippen LogP contribution in [0.2, 0.25) is 0 Å². The van der Waals surface area contributed by atoms with Gasteiger partial charge in [-0.15, -0.1) is 0 Å². The van der Waals surface area contributed by atoms with Gasteiger partial charge in [-0.2, -0.15) is 0 Å². The van der Waals surface area contributed by atoms with Crippen LogP contribution in [0.25, 0.3) is 10.9 Å². The zero-order chi connectivity index (χ0) is 9.97. The highest BCUT2D eigenvalue weighted by Crippen LogP contribution is 2.26. The van der Waals surface area contributed by atoms with Crippen LogP contribution in [0.5, 0.6) is 5.75 Å². The molecule has 0 saturated carbocycles. The number of hydrogen-bond acceptors (Lipinski definition) is 2. The molecule has 3 nitrogen and oxygen atoms in total. The maximum absolute atomic E-state index is 5.52. The van der Waals surface area contributed by atoms with Crippen LogP contribution in [0, 0.1) is 0 Å². The molecule has 1 aromatic heterocycles. The number of hydrogen-bond donors (Lipinski definition) is 2. The Kier molecular flexibility index (Phi) is 2.41. The maximum atomic E-state index is 5.52. The summed E-state index contributed by atoms with van der Waals surface area (Å²) in [4.78, 5) is 3.17. The fourth-order valence-electron chi connectivity index (χ4n) is 1.67. The molecule has 0 aliphatic rings. The van der Waals surface area contributed by atoms with E-state index in [-0.39, 0.29) is 0 Å². The third kappa shape index (κ3) is 1.46. The van der Waals surface area contributed by atoms with Crippen LogP contribution in [0.3, 0.4) is 0 Å². The normalized spacial score (nSPS) is 10.7. The lowest BCUT2D eigenvalue weighted by molar-refractivity contribution is 0.419. The smallest absolute Gasteiger partial charge is 0.128 e. The zero-order valence-electron chi connectivity index (χ0n) is 8.21. The van der Waals surface area contributed by atoms with Gasteiger partial charge in [0.05, 0.1) is 7.11 Å². The lowest BCUT2D eigenvalue weighted by Gasteiger charge is -2.05. The molecular formula is C11H14N2O. The number of H-pyrrole nitrogens is 1. The molecule has 1 aromatic carbocycles. The largest absolute Gasteiger partial charge is 0.496 e. The second-order valence-electron chi connectivity index (χ2n) is 3.28. The Labute approximate surface area is 82.9 Å². The predicted molar refractivity (Wildman–Crippen MR) is 57.6 cm³/mol. The fraction of sp³-hybridized carbons (Fsp3) is 0.273. The van der Waals surface area contributed by atoms with E-state index >= 15 is 0 Å². The number of fused-ring (bicyclic) bond motifs is 1. The van der Waals surface area contributed by atoms with Crippen LogP contribution in [0.4, 0.5) is 0 Å². The van der Waals surface area contributed by atoms with Gasteiger partial charge >= 0.3 is 0 Å². The Hall–Kier alpha value is -1.48. The summed E-state index contributed by atoms with van der Waals surface area (Å²) in [5, 5.41) is 1.12. The van der Waals surface area contributed by atoms with Crippen molar-refractivity contribution in [3.8, 4) is 5.75 Å². The van der Waals surface area contributed by atoms with Gasteiger partial charge in [-0.1, -0.05) is 0 Å². The average Bonchev–Trinajstić information content (AvgIpc) is 2.65. The summed E-state index contributed by atoms with van der Waals surface area (Å²) in [6.07, 6.45) is 2.80. The maximum Gasteiger partial charge on any atom is 0.128 e. The van der Waals surface area contributed by atoms with Gasteiger partial charge in [0.2, 0.25) is 0 Å². The monoisotopic (exact) mass is 190 g/mol. The van der Waals surface area contributed by atoms with Crippen molar-refractivity contribution in [2.75, 3.05) is 13.7 Å². The summed E-state index contributed by atoms with van der Waals surface area (Å²) in [5.74, 6) is 0.909. The van der Waals surface area contributed by atoms with E-state index in [1.54, 1.807) is 7.11 Å². The summed E-state index contributed by atoms with van der Waals surface area (Å²) in [6, 6.07) is 6.17. The average molecular weight is 190 g/mol. The first-order valence-electron chi connectivity index (χ1n) is 4.69. The van der Waals surface area contributed by atoms with Crippen molar-refractivity contribution in [2.24, 2.45) is 5.73 Å². The summed E-state index contributed by atoms with van der Waals surface area (Å²) in [7, 11) is 1.69. The van der Waals surface area contributed by atoms with E-state index in [1.807, 2.05) is 18.3 Å². The lowest BCUT2D eigenvalue weighted by atomic mass is 10.1. The SMILES string of the molecule is COc1cc(CCN)cc2[nH]ccc12. The van der Waals surface area contributed by atoms with Gasteiger partial charge in [0, 0.05) is 17.1 Å². The first-order valence-corrected chi connectivity index (χ1v) is 4.69. The quantitative estimate of drug-likeness (QED) is 0.773. The van der Waals surface area contributed by atoms with E-state index in [9.17, 15) is 0 Å². The Morgan fingerprint density at radius 2 is 2.29 bits per heavy atom. The van der Waals surface area contributed by atoms with E-state index in [1.165, 1.54) is 5.56 Å². The van der Waals surface area contributed by atoms with Gasteiger partial charge < -0.3 is 15.5 Å². The second kappa shape index (κ2) is 3.72. The Morgan fingerprint density at radius 1 is 1.43 bits per heavy atom. The number of methoxy groups -OCH3 is 1. The number of nitrogens with two attached hydrogens (primary N) is 1. The molecular weight excluding hydrogens is 176 g/mol. The van der Waals surface area contributed by atoms with Crippen LogP contribution in [0.15, 0.2) is 24.4 Å². The molecule has 74 valence electrons. The van der Waals surface area contributed by atoms with E-state index < -0.39 is 0 Å². The fourth-order valence-corrected chi connectivity index (χ4v) is 1.67. The first kappa shape index (κ1) is 9.09. The highest BCUT2D eigenvalue weighted by atomic mass is 16.5. The number of rotatable bonds is 3. The summed E-state index contributed by atoms with van der Waals surface area (Å²) >= 11 is 0. The molecule has 0 spiro atoms. The van der Waals surface area contributed by atoms with E-state index in [2.05, 4.69) is 11.1 Å². The van der Waals surface area contributed by atoms with Crippen molar-refractivity contribution in [3.63, 3.8) is 0 Å². The Balaban J connectivity index is 2.55. The summed E-state index contributed by atoms with van der Waals surface area (Å²) < 4.78 is 5.31. The van der Waals surface area contributed by atoms with Crippen molar-refractivity contribution in [1.29, 1.82) is 0 Å². The molecule has 0 bridgehead atoms. The van der Waals surface area contributed by atoms with E-state index in [0.717, 1.165) is 23.1 Å². The molecule has 0 saturated heterocycles. The topological polar surface area (TPSA) is 51.0 Å². The molecule has 3 N–H and O–H groups in total. The molecule has 1 heterocycles. The van der Waals surface area contributed by atoms with Crippen molar-refractivity contribution in [1.82, 2.24) is 4.98 Å². The van der Waals surface area contributed by atoms with Crippen LogP contribution in [0.1, 0.15) is 5.56 Å². The van der Waals surface area contributed by atoms with Crippen molar-refractivity contribution < 1.29 is 4.74 Å². The summed E-state index contributed by atoms with van der Waals surface area (Å²) in [6.45, 7) is 0.662. The molecule has 0 fully saturated rings. The van der Waals surface area contributed by atoms with Gasteiger partial charge in [0.1, 0.15) is 5.75 Å². The number of benzene rings is 1. The van der Waals surface area contributed by atoms with Gasteiger partial charge in [-0.25, -0.2) is 0 Å². The predicted octanol–water partition coefficient (Wildman–Crippen LogP) is 1.68. The molecule has 0 radical (unpaired) electrons. The minimum absolute atomic E-state index is 0.662. The van der Waals surface area contributed by atoms with Gasteiger partial charge in [0.25, 0.3) is 0 Å². The molecule has 3 heteroatoms. The van der Waals surface area contributed by atoms with Crippen molar-refractivity contribution in [2.45, 2.75) is 6.42 Å². The van der Waals surface area contributed by atoms with Crippen molar-refractivity contribution >= 4 is 10.9 Å². The second-order valence-corrected chi connectivity index (χ2v) is 3.28. The van der Waals surface area contributed by atoms with Gasteiger partial charge in [0.15, 0.2) is 0 Å².